The van der Waals surface area contributed by atoms with Gasteiger partial charge in [-0.25, -0.2) is 0 Å². The molecular formula is C14H15BrN4O. The van der Waals surface area contributed by atoms with Gasteiger partial charge in [0.15, 0.2) is 5.84 Å². The van der Waals surface area contributed by atoms with Crippen molar-refractivity contribution in [3.63, 3.8) is 0 Å². The van der Waals surface area contributed by atoms with Gasteiger partial charge in [-0.2, -0.15) is 0 Å². The fraction of sp³-hybridized carbons (Fsp3) is 0.143. The smallest absolute Gasteiger partial charge is 0.188 e. The third-order valence-electron chi connectivity index (χ3n) is 2.87. The normalized spacial score (nSPS) is 11.4. The summed E-state index contributed by atoms with van der Waals surface area (Å²) < 4.78 is 1.06. The molecule has 0 radical (unpaired) electrons. The van der Waals surface area contributed by atoms with Gasteiger partial charge in [0.05, 0.1) is 11.9 Å². The third kappa shape index (κ3) is 3.48. The van der Waals surface area contributed by atoms with E-state index < -0.39 is 0 Å². The van der Waals surface area contributed by atoms with Crippen LogP contribution in [0.15, 0.2) is 52.2 Å². The lowest BCUT2D eigenvalue weighted by atomic mass is 10.2. The summed E-state index contributed by atoms with van der Waals surface area (Å²) in [6.07, 6.45) is 1.70. The molecule has 0 fully saturated rings. The highest BCUT2D eigenvalue weighted by molar-refractivity contribution is 9.10. The second-order valence-corrected chi connectivity index (χ2v) is 5.29. The first kappa shape index (κ1) is 14.3. The number of benzene rings is 1. The Kier molecular flexibility index (Phi) is 4.57. The zero-order valence-electron chi connectivity index (χ0n) is 11.0. The lowest BCUT2D eigenvalue weighted by molar-refractivity contribution is 0.318. The number of rotatable bonds is 4. The molecule has 0 saturated heterocycles. The minimum Gasteiger partial charge on any atom is -0.409 e. The monoisotopic (exact) mass is 334 g/mol. The molecule has 0 aliphatic rings. The maximum absolute atomic E-state index is 8.60. The van der Waals surface area contributed by atoms with Gasteiger partial charge >= 0.3 is 0 Å². The fourth-order valence-corrected chi connectivity index (χ4v) is 2.26. The molecule has 1 aromatic carbocycles. The standard InChI is InChI=1S/C14H15BrN4O/c1-19(9-10-3-2-4-11(15)7-10)12-5-6-13(17-8-12)14(16)18-20/h2-8,20H,9H2,1H3,(H2,16,18). The largest absolute Gasteiger partial charge is 0.409 e. The molecule has 2 aromatic rings. The Morgan fingerprint density at radius 3 is 2.80 bits per heavy atom. The number of nitrogens with zero attached hydrogens (tertiary/aromatic N) is 3. The molecule has 0 aliphatic carbocycles. The van der Waals surface area contributed by atoms with Crippen LogP contribution >= 0.6 is 15.9 Å². The van der Waals surface area contributed by atoms with Crippen molar-refractivity contribution >= 4 is 27.5 Å². The molecule has 0 aliphatic heterocycles. The van der Waals surface area contributed by atoms with Crippen LogP contribution in [0.4, 0.5) is 5.69 Å². The van der Waals surface area contributed by atoms with Crippen LogP contribution in [0.5, 0.6) is 0 Å². The van der Waals surface area contributed by atoms with Crippen LogP contribution in [0.25, 0.3) is 0 Å². The van der Waals surface area contributed by atoms with Gasteiger partial charge in [-0.1, -0.05) is 33.2 Å². The Morgan fingerprint density at radius 2 is 2.20 bits per heavy atom. The van der Waals surface area contributed by atoms with Crippen LogP contribution < -0.4 is 10.6 Å². The maximum Gasteiger partial charge on any atom is 0.188 e. The quantitative estimate of drug-likeness (QED) is 0.390. The summed E-state index contributed by atoms with van der Waals surface area (Å²) in [5.41, 5.74) is 8.08. The fourth-order valence-electron chi connectivity index (χ4n) is 1.82. The molecule has 1 heterocycles. The van der Waals surface area contributed by atoms with Crippen LogP contribution in [0.1, 0.15) is 11.3 Å². The molecular weight excluding hydrogens is 320 g/mol. The lowest BCUT2D eigenvalue weighted by Crippen LogP contribution is -2.18. The minimum absolute atomic E-state index is 0.00573. The SMILES string of the molecule is CN(Cc1cccc(Br)c1)c1ccc(/C(N)=N/O)nc1. The van der Waals surface area contributed by atoms with Crippen LogP contribution in [0.3, 0.4) is 0 Å². The Bertz CT molecular complexity index is 613. The first-order chi connectivity index (χ1) is 9.60. The van der Waals surface area contributed by atoms with Crippen LogP contribution in [-0.2, 0) is 6.54 Å². The average molecular weight is 335 g/mol. The summed E-state index contributed by atoms with van der Waals surface area (Å²) in [7, 11) is 1.99. The van der Waals surface area contributed by atoms with E-state index in [4.69, 9.17) is 10.9 Å². The third-order valence-corrected chi connectivity index (χ3v) is 3.36. The first-order valence-electron chi connectivity index (χ1n) is 5.99. The number of hydrogen-bond acceptors (Lipinski definition) is 4. The van der Waals surface area contributed by atoms with Crippen molar-refractivity contribution in [1.82, 2.24) is 4.98 Å². The number of hydrogen-bond donors (Lipinski definition) is 2. The summed E-state index contributed by atoms with van der Waals surface area (Å²) in [6.45, 7) is 0.768. The number of pyridine rings is 1. The molecule has 20 heavy (non-hydrogen) atoms. The number of anilines is 1. The van der Waals surface area contributed by atoms with Crippen molar-refractivity contribution in [1.29, 1.82) is 0 Å². The van der Waals surface area contributed by atoms with E-state index in [9.17, 15) is 0 Å². The highest BCUT2D eigenvalue weighted by Crippen LogP contribution is 2.17. The Balaban J connectivity index is 2.11. The van der Waals surface area contributed by atoms with E-state index in [0.29, 0.717) is 5.69 Å². The first-order valence-corrected chi connectivity index (χ1v) is 6.79. The number of oxime groups is 1. The molecule has 0 atom stereocenters. The molecule has 0 amide bonds. The predicted molar refractivity (Wildman–Crippen MR) is 83.0 cm³/mol. The van der Waals surface area contributed by atoms with E-state index in [1.165, 1.54) is 5.56 Å². The van der Waals surface area contributed by atoms with Crippen molar-refractivity contribution in [2.75, 3.05) is 11.9 Å². The molecule has 2 rings (SSSR count). The van der Waals surface area contributed by atoms with Crippen molar-refractivity contribution in [2.24, 2.45) is 10.9 Å². The highest BCUT2D eigenvalue weighted by atomic mass is 79.9. The zero-order chi connectivity index (χ0) is 14.5. The molecule has 0 unspecified atom stereocenters. The van der Waals surface area contributed by atoms with E-state index in [1.807, 2.05) is 25.2 Å². The van der Waals surface area contributed by atoms with Crippen molar-refractivity contribution in [3.05, 3.63) is 58.3 Å². The van der Waals surface area contributed by atoms with Gasteiger partial charge in [-0.15, -0.1) is 0 Å². The predicted octanol–water partition coefficient (Wildman–Crippen LogP) is 2.58. The van der Waals surface area contributed by atoms with Crippen molar-refractivity contribution < 1.29 is 5.21 Å². The molecule has 104 valence electrons. The van der Waals surface area contributed by atoms with Crippen molar-refractivity contribution in [2.45, 2.75) is 6.54 Å². The van der Waals surface area contributed by atoms with E-state index in [0.717, 1.165) is 16.7 Å². The molecule has 1 aromatic heterocycles. The van der Waals surface area contributed by atoms with Crippen molar-refractivity contribution in [3.8, 4) is 0 Å². The van der Waals surface area contributed by atoms with E-state index in [1.54, 1.807) is 12.3 Å². The molecule has 3 N–H and O–H groups in total. The average Bonchev–Trinajstić information content (AvgIpc) is 2.46. The molecule has 6 heteroatoms. The number of nitrogens with two attached hydrogens (primary N) is 1. The van der Waals surface area contributed by atoms with Gasteiger partial charge in [0.1, 0.15) is 5.69 Å². The van der Waals surface area contributed by atoms with E-state index in [-0.39, 0.29) is 5.84 Å². The molecule has 0 spiro atoms. The topological polar surface area (TPSA) is 74.7 Å². The number of aromatic nitrogens is 1. The Labute approximate surface area is 125 Å². The van der Waals surface area contributed by atoms with Crippen LogP contribution in [0, 0.1) is 0 Å². The summed E-state index contributed by atoms with van der Waals surface area (Å²) in [4.78, 5) is 6.24. The van der Waals surface area contributed by atoms with Gasteiger partial charge in [0, 0.05) is 18.1 Å². The minimum atomic E-state index is 0.00573. The second-order valence-electron chi connectivity index (χ2n) is 4.37. The molecule has 0 saturated carbocycles. The zero-order valence-corrected chi connectivity index (χ0v) is 12.6. The Morgan fingerprint density at radius 1 is 1.40 bits per heavy atom. The van der Waals surface area contributed by atoms with Gasteiger partial charge in [0.25, 0.3) is 0 Å². The van der Waals surface area contributed by atoms with Gasteiger partial charge in [-0.05, 0) is 29.8 Å². The summed E-state index contributed by atoms with van der Waals surface area (Å²) in [5, 5.41) is 11.5. The summed E-state index contributed by atoms with van der Waals surface area (Å²) in [5.74, 6) is 0.00573. The van der Waals surface area contributed by atoms with Crippen LogP contribution in [-0.4, -0.2) is 23.1 Å². The van der Waals surface area contributed by atoms with Crippen LogP contribution in [0.2, 0.25) is 0 Å². The summed E-state index contributed by atoms with van der Waals surface area (Å²) >= 11 is 3.46. The van der Waals surface area contributed by atoms with E-state index >= 15 is 0 Å². The number of amidine groups is 1. The van der Waals surface area contributed by atoms with Gasteiger partial charge < -0.3 is 15.8 Å². The molecule has 0 bridgehead atoms. The number of halogens is 1. The lowest BCUT2D eigenvalue weighted by Gasteiger charge is -2.19. The van der Waals surface area contributed by atoms with E-state index in [2.05, 4.69) is 43.1 Å². The maximum atomic E-state index is 8.60. The molecule has 5 nitrogen and oxygen atoms in total. The summed E-state index contributed by atoms with van der Waals surface area (Å²) in [6, 6.07) is 11.8. The second kappa shape index (κ2) is 6.38. The highest BCUT2D eigenvalue weighted by Gasteiger charge is 2.05. The van der Waals surface area contributed by atoms with Gasteiger partial charge in [-0.3, -0.25) is 4.98 Å². The van der Waals surface area contributed by atoms with Gasteiger partial charge in [0.2, 0.25) is 0 Å². The Hall–Kier alpha value is -2.08.